The first kappa shape index (κ1) is 43.1. The van der Waals surface area contributed by atoms with Crippen molar-refractivity contribution in [3.05, 3.63) is 35.9 Å². The van der Waals surface area contributed by atoms with E-state index in [1.807, 2.05) is 20.2 Å². The normalized spacial score (nSPS) is 15.2. The number of nitrogens with zero attached hydrogens (tertiary/aromatic N) is 2. The topological polar surface area (TPSA) is 177 Å². The van der Waals surface area contributed by atoms with E-state index >= 15 is 0 Å². The van der Waals surface area contributed by atoms with Crippen molar-refractivity contribution in [2.75, 3.05) is 53.8 Å². The quantitative estimate of drug-likeness (QED) is 0.0358. The van der Waals surface area contributed by atoms with Crippen LogP contribution in [0.15, 0.2) is 30.3 Å². The Bertz CT molecular complexity index is 1460. The van der Waals surface area contributed by atoms with Crippen LogP contribution in [-0.4, -0.2) is 104 Å². The van der Waals surface area contributed by atoms with Crippen LogP contribution in [0.3, 0.4) is 0 Å². The Morgan fingerprint density at radius 3 is 2.08 bits per heavy atom. The molecule has 0 amide bonds. The molecular weight excluding hydrogens is 681 g/mol. The lowest BCUT2D eigenvalue weighted by atomic mass is 9.70. The number of nitriles is 1. The number of methoxy groups -OCH3 is 2. The zero-order valence-electron chi connectivity index (χ0n) is 29.0. The fraction of sp³-hybridized carbons (Fsp3) is 0.636. The molecule has 0 aromatic heterocycles. The van der Waals surface area contributed by atoms with Gasteiger partial charge in [-0.1, -0.05) is 54.3 Å². The van der Waals surface area contributed by atoms with Crippen LogP contribution in [0.2, 0.25) is 0 Å². The maximum absolute atomic E-state index is 13.9. The Balaban J connectivity index is 3.35. The van der Waals surface area contributed by atoms with Gasteiger partial charge in [-0.25, -0.2) is 8.42 Å². The van der Waals surface area contributed by atoms with Crippen LogP contribution < -0.4 is 0 Å². The van der Waals surface area contributed by atoms with Crippen LogP contribution in [0.4, 0.5) is 0 Å². The molecule has 1 aromatic carbocycles. The molecule has 0 aliphatic heterocycles. The van der Waals surface area contributed by atoms with Crippen LogP contribution in [0.1, 0.15) is 65.4 Å². The molecule has 0 radical (unpaired) electrons. The molecule has 0 aliphatic carbocycles. The first-order valence-electron chi connectivity index (χ1n) is 15.4. The molecule has 0 bridgehead atoms. The lowest BCUT2D eigenvalue weighted by Crippen LogP contribution is -2.44. The largest absolute Gasteiger partial charge is 0.748 e. The second kappa shape index (κ2) is 18.2. The summed E-state index contributed by atoms with van der Waals surface area (Å²) in [5.74, 6) is -4.67. The van der Waals surface area contributed by atoms with Crippen LogP contribution in [0, 0.1) is 28.1 Å². The average molecular weight is 729 g/mol. The molecule has 0 spiro atoms. The minimum absolute atomic E-state index is 0.0503. The number of carbonyl (C=O) groups excluding carboxylic acids is 4. The van der Waals surface area contributed by atoms with E-state index in [-0.39, 0.29) is 25.9 Å². The molecule has 0 aliphatic rings. The summed E-state index contributed by atoms with van der Waals surface area (Å²) in [7, 11) is 1.72. The van der Waals surface area contributed by atoms with Gasteiger partial charge in [0.05, 0.1) is 79.7 Å². The smallest absolute Gasteiger partial charge is 0.322 e. The summed E-state index contributed by atoms with van der Waals surface area (Å²) in [6.07, 6.45) is -0.347. The van der Waals surface area contributed by atoms with Gasteiger partial charge < -0.3 is 23.2 Å². The second-order valence-corrected chi connectivity index (χ2v) is 17.2. The number of carbonyl (C=O) groups is 4. The van der Waals surface area contributed by atoms with E-state index in [1.54, 1.807) is 45.0 Å². The first-order valence-corrected chi connectivity index (χ1v) is 18.2. The standard InChI is InChI=1S/C33H48N2O10S3/c1-31(2,23-34)22-32(3,29(38)43-7)26(36)20-25(27(37)45-18-12-16-35(5,6)17-13-19-48(40,41)42)21-33(4,30(39)44-8)47-28(46)24-14-10-9-11-15-24/h9-11,14-15,25H,12-13,16-22H2,1-8H3. The third-order valence-electron chi connectivity index (χ3n) is 8.01. The van der Waals surface area contributed by atoms with E-state index in [1.165, 1.54) is 14.0 Å². The van der Waals surface area contributed by atoms with Crippen molar-refractivity contribution in [3.63, 3.8) is 0 Å². The lowest BCUT2D eigenvalue weighted by molar-refractivity contribution is -0.890. The SMILES string of the molecule is COC(=O)C(C)(CC(CC(=O)C(C)(CC(C)(C)C#N)C(=O)OC)C(=O)OCCC[N+](C)(C)CCCS(=O)(=O)[O-])SC(=S)c1ccccc1. The van der Waals surface area contributed by atoms with Crippen molar-refractivity contribution < 1.29 is 50.8 Å². The molecule has 268 valence electrons. The number of hydrogen-bond acceptors (Lipinski definition) is 13. The molecule has 1 aromatic rings. The maximum Gasteiger partial charge on any atom is 0.322 e. The van der Waals surface area contributed by atoms with Crippen molar-refractivity contribution in [2.24, 2.45) is 16.7 Å². The number of quaternary nitrogens is 1. The van der Waals surface area contributed by atoms with E-state index in [4.69, 9.17) is 26.4 Å². The van der Waals surface area contributed by atoms with E-state index in [9.17, 15) is 37.4 Å². The van der Waals surface area contributed by atoms with Crippen LogP contribution in [0.5, 0.6) is 0 Å². The molecule has 0 saturated carbocycles. The predicted molar refractivity (Wildman–Crippen MR) is 185 cm³/mol. The molecule has 1 rings (SSSR count). The van der Waals surface area contributed by atoms with Crippen molar-refractivity contribution in [1.29, 1.82) is 5.26 Å². The number of esters is 3. The van der Waals surface area contributed by atoms with Crippen molar-refractivity contribution >= 4 is 62.0 Å². The number of rotatable bonds is 20. The van der Waals surface area contributed by atoms with E-state index in [0.717, 1.165) is 18.9 Å². The molecule has 48 heavy (non-hydrogen) atoms. The molecule has 15 heteroatoms. The van der Waals surface area contributed by atoms with Gasteiger partial charge in [0.15, 0.2) is 5.78 Å². The number of thiocarbonyl (C=S) groups is 1. The van der Waals surface area contributed by atoms with Crippen LogP contribution >= 0.6 is 24.0 Å². The van der Waals surface area contributed by atoms with Gasteiger partial charge in [-0.05, 0) is 46.1 Å². The highest BCUT2D eigenvalue weighted by Gasteiger charge is 2.49. The highest BCUT2D eigenvalue weighted by Crippen LogP contribution is 2.41. The maximum atomic E-state index is 13.9. The number of hydrogen-bond donors (Lipinski definition) is 0. The third kappa shape index (κ3) is 13.9. The molecule has 3 atom stereocenters. The number of ketones is 1. The number of thioether (sulfide) groups is 1. The number of benzene rings is 1. The Hall–Kier alpha value is -2.90. The summed E-state index contributed by atoms with van der Waals surface area (Å²) in [5.41, 5.74) is -2.19. The van der Waals surface area contributed by atoms with Crippen LogP contribution in [0.25, 0.3) is 0 Å². The van der Waals surface area contributed by atoms with Gasteiger partial charge in [-0.3, -0.25) is 19.2 Å². The Kier molecular flexibility index (Phi) is 16.3. The fourth-order valence-electron chi connectivity index (χ4n) is 5.38. The Labute approximate surface area is 294 Å². The van der Waals surface area contributed by atoms with Crippen molar-refractivity contribution in [3.8, 4) is 6.07 Å². The minimum atomic E-state index is -4.32. The Morgan fingerprint density at radius 2 is 1.56 bits per heavy atom. The van der Waals surface area contributed by atoms with Gasteiger partial charge in [0.1, 0.15) is 10.2 Å². The summed E-state index contributed by atoms with van der Waals surface area (Å²) in [4.78, 5) is 53.8. The summed E-state index contributed by atoms with van der Waals surface area (Å²) >= 11 is 6.64. The van der Waals surface area contributed by atoms with E-state index < -0.39 is 67.5 Å². The van der Waals surface area contributed by atoms with Gasteiger partial charge in [-0.15, -0.1) is 0 Å². The van der Waals surface area contributed by atoms with Crippen molar-refractivity contribution in [1.82, 2.24) is 0 Å². The first-order chi connectivity index (χ1) is 22.0. The fourth-order valence-corrected chi connectivity index (χ4v) is 7.66. The monoisotopic (exact) mass is 728 g/mol. The summed E-state index contributed by atoms with van der Waals surface area (Å²) < 4.78 is 47.9. The summed E-state index contributed by atoms with van der Waals surface area (Å²) in [6.45, 7) is 6.95. The lowest BCUT2D eigenvalue weighted by Gasteiger charge is -2.33. The zero-order valence-corrected chi connectivity index (χ0v) is 31.5. The molecule has 0 N–H and O–H groups in total. The third-order valence-corrected chi connectivity index (χ3v) is 10.5. The Morgan fingerprint density at radius 1 is 1.00 bits per heavy atom. The molecule has 3 unspecified atom stereocenters. The molecule has 0 fully saturated rings. The van der Waals surface area contributed by atoms with E-state index in [2.05, 4.69) is 6.07 Å². The van der Waals surface area contributed by atoms with E-state index in [0.29, 0.717) is 33.8 Å². The molecule has 0 saturated heterocycles. The predicted octanol–water partition coefficient (Wildman–Crippen LogP) is 4.06. The summed E-state index contributed by atoms with van der Waals surface area (Å²) in [5, 5.41) is 9.65. The molecule has 0 heterocycles. The number of Topliss-reactive ketones (excluding diaryl/α,β-unsaturated/α-hetero) is 1. The average Bonchev–Trinajstić information content (AvgIpc) is 3.00. The van der Waals surface area contributed by atoms with Gasteiger partial charge in [0.25, 0.3) is 0 Å². The number of ether oxygens (including phenoxy) is 3. The van der Waals surface area contributed by atoms with Gasteiger partial charge in [-0.2, -0.15) is 5.26 Å². The summed E-state index contributed by atoms with van der Waals surface area (Å²) in [6, 6.07) is 11.0. The van der Waals surface area contributed by atoms with Gasteiger partial charge in [0, 0.05) is 25.0 Å². The molecular formula is C33H48N2O10S3. The van der Waals surface area contributed by atoms with Gasteiger partial charge >= 0.3 is 17.9 Å². The minimum Gasteiger partial charge on any atom is -0.748 e. The van der Waals surface area contributed by atoms with Gasteiger partial charge in [0.2, 0.25) is 0 Å². The van der Waals surface area contributed by atoms with Crippen molar-refractivity contribution in [2.45, 2.75) is 64.5 Å². The highest BCUT2D eigenvalue weighted by molar-refractivity contribution is 8.25. The zero-order chi connectivity index (χ0) is 37.0. The second-order valence-electron chi connectivity index (χ2n) is 13.5. The van der Waals surface area contributed by atoms with Crippen LogP contribution in [-0.2, 0) is 43.5 Å². The molecule has 12 nitrogen and oxygen atoms in total. The highest BCUT2D eigenvalue weighted by atomic mass is 32.2.